The van der Waals surface area contributed by atoms with Crippen molar-refractivity contribution >= 4 is 23.6 Å². The van der Waals surface area contributed by atoms with Crippen molar-refractivity contribution in [3.05, 3.63) is 89.9 Å². The number of carbonyl (C=O) groups is 3. The van der Waals surface area contributed by atoms with E-state index in [1.54, 1.807) is 26.2 Å². The maximum absolute atomic E-state index is 13.5. The minimum absolute atomic E-state index is 0.299. The molecule has 0 bridgehead atoms. The van der Waals surface area contributed by atoms with E-state index in [1.165, 1.54) is 11.3 Å². The Morgan fingerprint density at radius 3 is 2.51 bits per heavy atom. The number of nitrogens with zero attached hydrogens (tertiary/aromatic N) is 3. The molecule has 0 radical (unpaired) electrons. The molecule has 0 unspecified atom stereocenters. The highest BCUT2D eigenvalue weighted by atomic mass is 16.5. The second-order valence-corrected chi connectivity index (χ2v) is 8.57. The molecule has 1 fully saturated rings. The van der Waals surface area contributed by atoms with Crippen LogP contribution < -0.4 is 10.1 Å². The summed E-state index contributed by atoms with van der Waals surface area (Å²) in [7, 11) is 1.59. The lowest BCUT2D eigenvalue weighted by molar-refractivity contribution is -0.140. The molecule has 0 saturated carbocycles. The zero-order valence-electron chi connectivity index (χ0n) is 19.3. The summed E-state index contributed by atoms with van der Waals surface area (Å²) in [5.41, 5.74) is 1.14. The van der Waals surface area contributed by atoms with Crippen molar-refractivity contribution in [1.29, 1.82) is 0 Å². The summed E-state index contributed by atoms with van der Waals surface area (Å²) in [5, 5.41) is 8.63. The van der Waals surface area contributed by atoms with Gasteiger partial charge in [-0.15, -0.1) is 0 Å². The molecule has 2 aromatic carbocycles. The van der Waals surface area contributed by atoms with Crippen LogP contribution in [0.1, 0.15) is 36.3 Å². The van der Waals surface area contributed by atoms with Gasteiger partial charge in [-0.3, -0.25) is 14.5 Å². The van der Waals surface area contributed by atoms with Gasteiger partial charge in [0.25, 0.3) is 11.8 Å². The highest BCUT2D eigenvalue weighted by Crippen LogP contribution is 2.35. The van der Waals surface area contributed by atoms with E-state index in [4.69, 9.17) is 9.15 Å². The van der Waals surface area contributed by atoms with Crippen LogP contribution in [0.4, 0.5) is 4.79 Å². The molecule has 2 aliphatic heterocycles. The van der Waals surface area contributed by atoms with Gasteiger partial charge in [0.1, 0.15) is 18.1 Å². The van der Waals surface area contributed by atoms with Crippen molar-refractivity contribution in [3.8, 4) is 5.75 Å². The maximum Gasteiger partial charge on any atom is 0.325 e. The highest BCUT2D eigenvalue weighted by Gasteiger charge is 2.52. The van der Waals surface area contributed by atoms with Gasteiger partial charge in [-0.2, -0.15) is 5.10 Å². The third-order valence-electron chi connectivity index (χ3n) is 6.36. The van der Waals surface area contributed by atoms with E-state index < -0.39 is 29.9 Å². The summed E-state index contributed by atoms with van der Waals surface area (Å²) < 4.78 is 10.6. The van der Waals surface area contributed by atoms with Gasteiger partial charge in [-0.05, 0) is 42.3 Å². The fourth-order valence-electron chi connectivity index (χ4n) is 4.41. The number of carbonyl (C=O) groups excluding carboxylic acids is 3. The first-order valence-corrected chi connectivity index (χ1v) is 11.2. The van der Waals surface area contributed by atoms with Crippen LogP contribution >= 0.6 is 0 Å². The summed E-state index contributed by atoms with van der Waals surface area (Å²) >= 11 is 0. The number of benzene rings is 2. The SMILES string of the molecule is COc1ccc([C@H]2CC(c3ccccc3)=NN2C(=O)CN2C(=O)N[C@@](C)(c3ccco3)C2=O)cc1. The molecule has 5 rings (SSSR count). The average molecular weight is 473 g/mol. The van der Waals surface area contributed by atoms with Crippen molar-refractivity contribution in [3.63, 3.8) is 0 Å². The third kappa shape index (κ3) is 3.95. The number of rotatable bonds is 6. The van der Waals surface area contributed by atoms with Crippen molar-refractivity contribution in [2.45, 2.75) is 24.9 Å². The van der Waals surface area contributed by atoms with Crippen LogP contribution in [0.15, 0.2) is 82.5 Å². The van der Waals surface area contributed by atoms with E-state index >= 15 is 0 Å². The van der Waals surface area contributed by atoms with Crippen LogP contribution in [0.3, 0.4) is 0 Å². The van der Waals surface area contributed by atoms with Crippen LogP contribution in [-0.4, -0.2) is 47.1 Å². The molecule has 35 heavy (non-hydrogen) atoms. The predicted octanol–water partition coefficient (Wildman–Crippen LogP) is 3.43. The molecule has 2 atom stereocenters. The molecule has 9 nitrogen and oxygen atoms in total. The molecule has 1 saturated heterocycles. The van der Waals surface area contributed by atoms with Crippen LogP contribution in [0.2, 0.25) is 0 Å². The van der Waals surface area contributed by atoms with E-state index in [0.717, 1.165) is 21.7 Å². The van der Waals surface area contributed by atoms with Gasteiger partial charge in [0, 0.05) is 6.42 Å². The van der Waals surface area contributed by atoms with Gasteiger partial charge in [0.15, 0.2) is 5.54 Å². The Bertz CT molecular complexity index is 1290. The molecule has 0 aliphatic carbocycles. The minimum Gasteiger partial charge on any atom is -0.497 e. The highest BCUT2D eigenvalue weighted by molar-refractivity contribution is 6.09. The smallest absolute Gasteiger partial charge is 0.325 e. The normalized spacial score (nSPS) is 21.8. The molecular weight excluding hydrogens is 448 g/mol. The van der Waals surface area contributed by atoms with Crippen molar-refractivity contribution in [2.24, 2.45) is 5.10 Å². The molecule has 178 valence electrons. The Hall–Kier alpha value is -4.40. The summed E-state index contributed by atoms with van der Waals surface area (Å²) in [6.07, 6.45) is 1.92. The van der Waals surface area contributed by atoms with Crippen molar-refractivity contribution in [1.82, 2.24) is 15.2 Å². The number of ether oxygens (including phenoxy) is 1. The number of urea groups is 1. The van der Waals surface area contributed by atoms with Gasteiger partial charge in [-0.25, -0.2) is 9.80 Å². The standard InChI is InChI=1S/C26H24N4O5/c1-26(22-9-6-14-35-22)24(32)29(25(33)27-26)16-23(31)30-21(18-10-12-19(34-2)13-11-18)15-20(28-30)17-7-4-3-5-8-17/h3-14,21H,15-16H2,1-2H3,(H,27,33)/t21-,26+/m1/s1. The number of amides is 4. The Labute approximate surface area is 202 Å². The lowest BCUT2D eigenvalue weighted by atomic mass is 9.98. The number of methoxy groups -OCH3 is 1. The van der Waals surface area contributed by atoms with Gasteiger partial charge >= 0.3 is 6.03 Å². The fraction of sp³-hybridized carbons (Fsp3) is 0.231. The maximum atomic E-state index is 13.5. The van der Waals surface area contributed by atoms with Crippen LogP contribution in [0, 0.1) is 0 Å². The molecule has 4 amide bonds. The zero-order valence-corrected chi connectivity index (χ0v) is 19.3. The van der Waals surface area contributed by atoms with E-state index in [-0.39, 0.29) is 6.04 Å². The van der Waals surface area contributed by atoms with Gasteiger partial charge < -0.3 is 14.5 Å². The topological polar surface area (TPSA) is 104 Å². The van der Waals surface area contributed by atoms with Gasteiger partial charge in [0.2, 0.25) is 0 Å². The first-order valence-electron chi connectivity index (χ1n) is 11.2. The Kier molecular flexibility index (Phi) is 5.60. The van der Waals surface area contributed by atoms with E-state index in [9.17, 15) is 14.4 Å². The quantitative estimate of drug-likeness (QED) is 0.554. The van der Waals surface area contributed by atoms with Crippen molar-refractivity contribution in [2.75, 3.05) is 13.7 Å². The number of furan rings is 1. The van der Waals surface area contributed by atoms with Crippen molar-refractivity contribution < 1.29 is 23.5 Å². The number of hydrazone groups is 1. The second kappa shape index (κ2) is 8.75. The van der Waals surface area contributed by atoms with Gasteiger partial charge in [0.05, 0.1) is 25.1 Å². The third-order valence-corrected chi connectivity index (χ3v) is 6.36. The molecular formula is C26H24N4O5. The number of hydrogen-bond donors (Lipinski definition) is 1. The van der Waals surface area contributed by atoms with E-state index in [2.05, 4.69) is 10.4 Å². The Balaban J connectivity index is 1.42. The van der Waals surface area contributed by atoms with E-state index in [1.807, 2.05) is 54.6 Å². The molecule has 9 heteroatoms. The zero-order chi connectivity index (χ0) is 24.6. The Morgan fingerprint density at radius 2 is 1.86 bits per heavy atom. The van der Waals surface area contributed by atoms with Crippen LogP contribution in [0.5, 0.6) is 5.75 Å². The van der Waals surface area contributed by atoms with Crippen LogP contribution in [-0.2, 0) is 15.1 Å². The second-order valence-electron chi connectivity index (χ2n) is 8.57. The first kappa shape index (κ1) is 22.4. The molecule has 1 aromatic heterocycles. The Morgan fingerprint density at radius 1 is 1.11 bits per heavy atom. The summed E-state index contributed by atoms with van der Waals surface area (Å²) in [5.74, 6) is -0.0277. The van der Waals surface area contributed by atoms with E-state index in [0.29, 0.717) is 17.9 Å². The lowest BCUT2D eigenvalue weighted by Gasteiger charge is -2.24. The fourth-order valence-corrected chi connectivity index (χ4v) is 4.41. The monoisotopic (exact) mass is 472 g/mol. The summed E-state index contributed by atoms with van der Waals surface area (Å²) in [6.45, 7) is 1.11. The van der Waals surface area contributed by atoms with Crippen LogP contribution in [0.25, 0.3) is 0 Å². The molecule has 0 spiro atoms. The number of hydrogen-bond acceptors (Lipinski definition) is 6. The summed E-state index contributed by atoms with van der Waals surface area (Å²) in [6, 6.07) is 19.2. The van der Waals surface area contributed by atoms with Gasteiger partial charge in [-0.1, -0.05) is 42.5 Å². The lowest BCUT2D eigenvalue weighted by Crippen LogP contribution is -2.43. The molecule has 2 aliphatic rings. The summed E-state index contributed by atoms with van der Waals surface area (Å²) in [4.78, 5) is 40.2. The predicted molar refractivity (Wildman–Crippen MR) is 126 cm³/mol. The molecule has 1 N–H and O–H groups in total. The first-order chi connectivity index (χ1) is 16.9. The minimum atomic E-state index is -1.38. The number of imide groups is 1. The molecule has 3 heterocycles. The molecule has 3 aromatic rings. The average Bonchev–Trinajstić information content (AvgIpc) is 3.62. The largest absolute Gasteiger partial charge is 0.497 e. The number of nitrogens with one attached hydrogen (secondary N) is 1.